The van der Waals surface area contributed by atoms with Crippen molar-refractivity contribution in [3.8, 4) is 5.88 Å². The molecule has 0 bridgehead atoms. The average Bonchev–Trinajstić information content (AvgIpc) is 2.33. The van der Waals surface area contributed by atoms with Crippen molar-refractivity contribution in [1.82, 2.24) is 9.97 Å². The molecule has 0 radical (unpaired) electrons. The molecule has 1 aromatic heterocycles. The van der Waals surface area contributed by atoms with Crippen molar-refractivity contribution in [3.05, 3.63) is 49.4 Å². The van der Waals surface area contributed by atoms with E-state index in [1.807, 2.05) is 24.3 Å². The predicted molar refractivity (Wildman–Crippen MR) is 77.9 cm³/mol. The van der Waals surface area contributed by atoms with Crippen molar-refractivity contribution in [1.29, 1.82) is 0 Å². The summed E-state index contributed by atoms with van der Waals surface area (Å²) in [5.41, 5.74) is -0.382. The van der Waals surface area contributed by atoms with E-state index in [-0.39, 0.29) is 15.9 Å². The molecule has 2 N–H and O–H groups in total. The predicted octanol–water partition coefficient (Wildman–Crippen LogP) is 3.29. The fourth-order valence-corrected chi connectivity index (χ4v) is 2.83. The van der Waals surface area contributed by atoms with Gasteiger partial charge >= 0.3 is 0 Å². The van der Waals surface area contributed by atoms with Crippen LogP contribution in [0.15, 0.2) is 42.9 Å². The van der Waals surface area contributed by atoms with Crippen LogP contribution in [-0.4, -0.2) is 15.1 Å². The van der Waals surface area contributed by atoms with E-state index in [4.69, 9.17) is 0 Å². The van der Waals surface area contributed by atoms with Crippen LogP contribution in [0.4, 0.5) is 0 Å². The van der Waals surface area contributed by atoms with E-state index in [1.165, 1.54) is 11.8 Å². The summed E-state index contributed by atoms with van der Waals surface area (Å²) >= 11 is 7.86. The lowest BCUT2D eigenvalue weighted by molar-refractivity contribution is 0.444. The molecule has 0 saturated carbocycles. The fourth-order valence-electron chi connectivity index (χ4n) is 1.27. The van der Waals surface area contributed by atoms with Gasteiger partial charge in [0.1, 0.15) is 10.3 Å². The molecule has 94 valence electrons. The molecular formula is C11H8Br2N2O2S. The molecule has 4 nitrogen and oxygen atoms in total. The van der Waals surface area contributed by atoms with Gasteiger partial charge in [0.2, 0.25) is 5.88 Å². The number of H-pyrrole nitrogens is 1. The Bertz CT molecular complexity index is 631. The Labute approximate surface area is 124 Å². The van der Waals surface area contributed by atoms with Crippen LogP contribution in [0.2, 0.25) is 0 Å². The summed E-state index contributed by atoms with van der Waals surface area (Å²) in [6, 6.07) is 7.81. The molecule has 1 heterocycles. The molecule has 0 aliphatic carbocycles. The van der Waals surface area contributed by atoms with Crippen LogP contribution in [0.1, 0.15) is 5.82 Å². The Morgan fingerprint density at radius 1 is 1.39 bits per heavy atom. The summed E-state index contributed by atoms with van der Waals surface area (Å²) in [7, 11) is 0. The second-order valence-corrected chi connectivity index (χ2v) is 6.15. The number of hydrogen-bond donors (Lipinski definition) is 2. The van der Waals surface area contributed by atoms with Crippen molar-refractivity contribution in [2.24, 2.45) is 0 Å². The van der Waals surface area contributed by atoms with Gasteiger partial charge in [0.05, 0.1) is 5.75 Å². The van der Waals surface area contributed by atoms with E-state index in [0.29, 0.717) is 11.6 Å². The van der Waals surface area contributed by atoms with Crippen LogP contribution >= 0.6 is 43.6 Å². The Balaban J connectivity index is 2.14. The zero-order valence-corrected chi connectivity index (χ0v) is 13.0. The molecule has 0 aliphatic rings. The van der Waals surface area contributed by atoms with Crippen molar-refractivity contribution >= 4 is 43.6 Å². The first kappa shape index (κ1) is 13.6. The number of benzene rings is 1. The largest absolute Gasteiger partial charge is 0.492 e. The standard InChI is InChI=1S/C11H8Br2N2O2S/c12-6-2-1-3-7(4-6)18-5-8-14-10(16)9(13)11(17)15-8/h1-4H,5H2,(H2,14,15,16,17). The number of nitrogens with one attached hydrogen (secondary N) is 1. The summed E-state index contributed by atoms with van der Waals surface area (Å²) in [5.74, 6) is 0.626. The number of aromatic hydroxyl groups is 1. The molecule has 0 fully saturated rings. The van der Waals surface area contributed by atoms with E-state index in [2.05, 4.69) is 41.8 Å². The fraction of sp³-hybridized carbons (Fsp3) is 0.0909. The third kappa shape index (κ3) is 3.37. The Morgan fingerprint density at radius 2 is 2.17 bits per heavy atom. The average molecular weight is 392 g/mol. The number of aromatic nitrogens is 2. The topological polar surface area (TPSA) is 66.0 Å². The van der Waals surface area contributed by atoms with E-state index in [9.17, 15) is 9.90 Å². The van der Waals surface area contributed by atoms with Crippen LogP contribution in [0.3, 0.4) is 0 Å². The van der Waals surface area contributed by atoms with Gasteiger partial charge in [-0.2, -0.15) is 4.98 Å². The second-order valence-electron chi connectivity index (χ2n) is 3.40. The van der Waals surface area contributed by atoms with Gasteiger partial charge in [-0.05, 0) is 34.1 Å². The van der Waals surface area contributed by atoms with Gasteiger partial charge in [0.15, 0.2) is 0 Å². The zero-order chi connectivity index (χ0) is 13.1. The highest BCUT2D eigenvalue weighted by atomic mass is 79.9. The molecule has 0 aliphatic heterocycles. The van der Waals surface area contributed by atoms with Crippen molar-refractivity contribution in [2.45, 2.75) is 10.6 Å². The summed E-state index contributed by atoms with van der Waals surface area (Å²) in [6.45, 7) is 0. The highest BCUT2D eigenvalue weighted by Crippen LogP contribution is 2.25. The smallest absolute Gasteiger partial charge is 0.269 e. The second kappa shape index (κ2) is 5.90. The normalized spacial score (nSPS) is 10.6. The Kier molecular flexibility index (Phi) is 4.47. The molecule has 0 amide bonds. The van der Waals surface area contributed by atoms with Crippen LogP contribution < -0.4 is 5.56 Å². The number of hydrogen-bond acceptors (Lipinski definition) is 4. The lowest BCUT2D eigenvalue weighted by Gasteiger charge is -2.03. The summed E-state index contributed by atoms with van der Waals surface area (Å²) in [4.78, 5) is 18.9. The maximum atomic E-state index is 11.4. The summed E-state index contributed by atoms with van der Waals surface area (Å²) < 4.78 is 1.05. The number of halogens is 2. The molecule has 0 atom stereocenters. The monoisotopic (exact) mass is 390 g/mol. The van der Waals surface area contributed by atoms with Gasteiger partial charge in [-0.15, -0.1) is 11.8 Å². The van der Waals surface area contributed by atoms with Gasteiger partial charge in [0.25, 0.3) is 5.56 Å². The molecule has 1 aromatic carbocycles. The minimum absolute atomic E-state index is 0.0544. The quantitative estimate of drug-likeness (QED) is 0.788. The highest BCUT2D eigenvalue weighted by molar-refractivity contribution is 9.10. The Hall–Kier alpha value is -0.790. The molecule has 2 rings (SSSR count). The van der Waals surface area contributed by atoms with E-state index < -0.39 is 0 Å². The minimum atomic E-state index is -0.382. The van der Waals surface area contributed by atoms with E-state index >= 15 is 0 Å². The SMILES string of the molecule is O=c1[nH]c(CSc2cccc(Br)c2)nc(O)c1Br. The molecule has 0 spiro atoms. The first-order chi connectivity index (χ1) is 8.56. The molecule has 2 aromatic rings. The molecule has 7 heteroatoms. The van der Waals surface area contributed by atoms with Crippen molar-refractivity contribution in [2.75, 3.05) is 0 Å². The maximum Gasteiger partial charge on any atom is 0.269 e. The van der Waals surface area contributed by atoms with Gasteiger partial charge in [-0.1, -0.05) is 22.0 Å². The van der Waals surface area contributed by atoms with Crippen molar-refractivity contribution < 1.29 is 5.11 Å². The van der Waals surface area contributed by atoms with E-state index in [1.54, 1.807) is 0 Å². The van der Waals surface area contributed by atoms with Crippen molar-refractivity contribution in [3.63, 3.8) is 0 Å². The minimum Gasteiger partial charge on any atom is -0.492 e. The zero-order valence-electron chi connectivity index (χ0n) is 8.98. The van der Waals surface area contributed by atoms with Gasteiger partial charge < -0.3 is 10.1 Å². The summed E-state index contributed by atoms with van der Waals surface area (Å²) in [5, 5.41) is 9.43. The number of aromatic amines is 1. The molecule has 18 heavy (non-hydrogen) atoms. The van der Waals surface area contributed by atoms with E-state index in [0.717, 1.165) is 9.37 Å². The van der Waals surface area contributed by atoms with Crippen LogP contribution in [-0.2, 0) is 5.75 Å². The maximum absolute atomic E-state index is 11.4. The number of nitrogens with zero attached hydrogens (tertiary/aromatic N) is 1. The number of thioether (sulfide) groups is 1. The molecule has 0 saturated heterocycles. The molecule has 0 unspecified atom stereocenters. The van der Waals surface area contributed by atoms with Crippen LogP contribution in [0.5, 0.6) is 5.88 Å². The van der Waals surface area contributed by atoms with Crippen LogP contribution in [0, 0.1) is 0 Å². The molecular weight excluding hydrogens is 384 g/mol. The lowest BCUT2D eigenvalue weighted by Crippen LogP contribution is -2.11. The first-order valence-corrected chi connectivity index (χ1v) is 7.49. The first-order valence-electron chi connectivity index (χ1n) is 4.92. The van der Waals surface area contributed by atoms with Gasteiger partial charge in [0, 0.05) is 9.37 Å². The third-order valence-corrected chi connectivity index (χ3v) is 4.28. The highest BCUT2D eigenvalue weighted by Gasteiger charge is 2.07. The lowest BCUT2D eigenvalue weighted by atomic mass is 10.4. The Morgan fingerprint density at radius 3 is 2.83 bits per heavy atom. The third-order valence-electron chi connectivity index (χ3n) is 2.07. The van der Waals surface area contributed by atoms with Gasteiger partial charge in [-0.25, -0.2) is 0 Å². The van der Waals surface area contributed by atoms with Gasteiger partial charge in [-0.3, -0.25) is 4.79 Å². The number of rotatable bonds is 3. The summed E-state index contributed by atoms with van der Waals surface area (Å²) in [6.07, 6.45) is 0. The van der Waals surface area contributed by atoms with Crippen LogP contribution in [0.25, 0.3) is 0 Å².